The van der Waals surface area contributed by atoms with Crippen molar-refractivity contribution < 1.29 is 23.5 Å². The predicted molar refractivity (Wildman–Crippen MR) is 85.2 cm³/mol. The molecule has 0 aliphatic carbocycles. The Morgan fingerprint density at radius 1 is 1.13 bits per heavy atom. The quantitative estimate of drug-likeness (QED) is 0.615. The fourth-order valence-corrected chi connectivity index (χ4v) is 2.00. The second kappa shape index (κ2) is 7.73. The molecule has 0 fully saturated rings. The number of halogens is 1. The van der Waals surface area contributed by atoms with Crippen LogP contribution in [0.5, 0.6) is 0 Å². The number of esters is 1. The average Bonchev–Trinajstić information content (AvgIpc) is 2.97. The normalized spacial score (nSPS) is 10.2. The Morgan fingerprint density at radius 3 is 2.43 bits per heavy atom. The fraction of sp³-hybridized carbons (Fsp3) is 0.188. The minimum atomic E-state index is -0.704. The first-order valence-electron chi connectivity index (χ1n) is 6.75. The summed E-state index contributed by atoms with van der Waals surface area (Å²) in [6.07, 6.45) is 0. The zero-order chi connectivity index (χ0) is 16.8. The molecule has 6 nitrogen and oxygen atoms in total. The van der Waals surface area contributed by atoms with Crippen molar-refractivity contribution in [3.63, 3.8) is 0 Å². The van der Waals surface area contributed by atoms with E-state index in [0.717, 1.165) is 5.56 Å². The third-order valence-corrected chi connectivity index (χ3v) is 3.35. The second-order valence-corrected chi connectivity index (χ2v) is 5.52. The van der Waals surface area contributed by atoms with E-state index in [1.807, 2.05) is 6.92 Å². The summed E-state index contributed by atoms with van der Waals surface area (Å²) < 4.78 is 10.3. The molecular weight excluding hydrogens is 366 g/mol. The monoisotopic (exact) mass is 379 g/mol. The maximum absolute atomic E-state index is 11.8. The van der Waals surface area contributed by atoms with Gasteiger partial charge in [0.15, 0.2) is 22.8 Å². The lowest BCUT2D eigenvalue weighted by atomic mass is 10.1. The van der Waals surface area contributed by atoms with Crippen LogP contribution in [0.2, 0.25) is 0 Å². The van der Waals surface area contributed by atoms with Gasteiger partial charge in [-0.3, -0.25) is 14.4 Å². The van der Waals surface area contributed by atoms with Gasteiger partial charge in [-0.2, -0.15) is 0 Å². The standard InChI is InChI=1S/C16H14BrNO5/c1-10-2-4-11(5-3-10)12(19)9-22-15(20)8-18-16(21)13-6-7-14(17)23-13/h2-7H,8-9H2,1H3,(H,18,21). The molecule has 7 heteroatoms. The number of carbonyl (C=O) groups excluding carboxylic acids is 3. The van der Waals surface area contributed by atoms with Crippen LogP contribution >= 0.6 is 15.9 Å². The maximum atomic E-state index is 11.8. The molecule has 0 saturated carbocycles. The van der Waals surface area contributed by atoms with Crippen molar-refractivity contribution in [2.24, 2.45) is 0 Å². The van der Waals surface area contributed by atoms with Gasteiger partial charge >= 0.3 is 5.97 Å². The fourth-order valence-electron chi connectivity index (χ4n) is 1.70. The third kappa shape index (κ3) is 5.07. The molecule has 2 aromatic rings. The summed E-state index contributed by atoms with van der Waals surface area (Å²) in [5.41, 5.74) is 1.50. The number of ether oxygens (including phenoxy) is 1. The summed E-state index contributed by atoms with van der Waals surface area (Å²) >= 11 is 3.07. The van der Waals surface area contributed by atoms with Crippen molar-refractivity contribution >= 4 is 33.6 Å². The SMILES string of the molecule is Cc1ccc(C(=O)COC(=O)CNC(=O)c2ccc(Br)o2)cc1. The highest BCUT2D eigenvalue weighted by atomic mass is 79.9. The molecule has 1 heterocycles. The lowest BCUT2D eigenvalue weighted by molar-refractivity contribution is -0.141. The first-order valence-corrected chi connectivity index (χ1v) is 7.54. The number of rotatable bonds is 6. The topological polar surface area (TPSA) is 85.6 Å². The highest BCUT2D eigenvalue weighted by Crippen LogP contribution is 2.13. The molecule has 0 atom stereocenters. The highest BCUT2D eigenvalue weighted by Gasteiger charge is 2.14. The van der Waals surface area contributed by atoms with E-state index in [0.29, 0.717) is 10.2 Å². The van der Waals surface area contributed by atoms with Crippen molar-refractivity contribution in [3.05, 3.63) is 58.0 Å². The molecule has 0 spiro atoms. The zero-order valence-electron chi connectivity index (χ0n) is 12.3. The first-order chi connectivity index (χ1) is 11.0. The van der Waals surface area contributed by atoms with Gasteiger partial charge in [-0.15, -0.1) is 0 Å². The molecule has 0 bridgehead atoms. The van der Waals surface area contributed by atoms with Gasteiger partial charge in [-0.1, -0.05) is 29.8 Å². The van der Waals surface area contributed by atoms with Crippen LogP contribution in [-0.2, 0) is 9.53 Å². The Morgan fingerprint density at radius 2 is 1.83 bits per heavy atom. The Labute approximate surface area is 140 Å². The first kappa shape index (κ1) is 17.0. The Hall–Kier alpha value is -2.41. The van der Waals surface area contributed by atoms with E-state index >= 15 is 0 Å². The Kier molecular flexibility index (Phi) is 5.70. The van der Waals surface area contributed by atoms with E-state index in [1.165, 1.54) is 6.07 Å². The van der Waals surface area contributed by atoms with E-state index in [2.05, 4.69) is 21.2 Å². The van der Waals surface area contributed by atoms with Gasteiger partial charge in [0, 0.05) is 5.56 Å². The highest BCUT2D eigenvalue weighted by molar-refractivity contribution is 9.10. The number of nitrogens with one attached hydrogen (secondary N) is 1. The number of amides is 1. The molecule has 1 amide bonds. The van der Waals surface area contributed by atoms with Crippen LogP contribution in [0, 0.1) is 6.92 Å². The molecular formula is C16H14BrNO5. The predicted octanol–water partition coefficient (Wildman–Crippen LogP) is 2.51. The summed E-state index contributed by atoms with van der Waals surface area (Å²) in [6.45, 7) is 1.19. The van der Waals surface area contributed by atoms with Crippen molar-refractivity contribution in [1.82, 2.24) is 5.32 Å². The maximum Gasteiger partial charge on any atom is 0.325 e. The Bertz CT molecular complexity index is 720. The van der Waals surface area contributed by atoms with E-state index in [9.17, 15) is 14.4 Å². The van der Waals surface area contributed by atoms with Crippen LogP contribution in [-0.4, -0.2) is 30.8 Å². The second-order valence-electron chi connectivity index (χ2n) is 4.74. The summed E-state index contributed by atoms with van der Waals surface area (Å²) in [6, 6.07) is 9.97. The summed E-state index contributed by atoms with van der Waals surface area (Å²) in [4.78, 5) is 35.0. The Balaban J connectivity index is 1.75. The van der Waals surface area contributed by atoms with Crippen LogP contribution in [0.3, 0.4) is 0 Å². The minimum Gasteiger partial charge on any atom is -0.456 e. The zero-order valence-corrected chi connectivity index (χ0v) is 13.9. The van der Waals surface area contributed by atoms with Crippen LogP contribution < -0.4 is 5.32 Å². The molecule has 0 aliphatic rings. The number of hydrogen-bond donors (Lipinski definition) is 1. The number of aryl methyl sites for hydroxylation is 1. The van der Waals surface area contributed by atoms with Gasteiger partial charge in [0.25, 0.3) is 5.91 Å². The lowest BCUT2D eigenvalue weighted by Crippen LogP contribution is -2.31. The molecule has 120 valence electrons. The average molecular weight is 380 g/mol. The molecule has 1 aromatic carbocycles. The van der Waals surface area contributed by atoms with Crippen molar-refractivity contribution in [2.45, 2.75) is 6.92 Å². The number of ketones is 1. The number of carbonyl (C=O) groups is 3. The molecule has 23 heavy (non-hydrogen) atoms. The van der Waals surface area contributed by atoms with E-state index in [4.69, 9.17) is 9.15 Å². The van der Waals surface area contributed by atoms with Crippen LogP contribution in [0.4, 0.5) is 0 Å². The summed E-state index contributed by atoms with van der Waals surface area (Å²) in [5, 5.41) is 2.34. The molecule has 0 unspecified atom stereocenters. The van der Waals surface area contributed by atoms with Crippen molar-refractivity contribution in [3.8, 4) is 0 Å². The van der Waals surface area contributed by atoms with Gasteiger partial charge in [0.05, 0.1) is 0 Å². The molecule has 0 saturated heterocycles. The molecule has 2 rings (SSSR count). The van der Waals surface area contributed by atoms with E-state index < -0.39 is 11.9 Å². The van der Waals surface area contributed by atoms with Gasteiger partial charge in [0.2, 0.25) is 0 Å². The van der Waals surface area contributed by atoms with Gasteiger partial charge in [-0.05, 0) is 35.0 Å². The number of hydrogen-bond acceptors (Lipinski definition) is 5. The number of furan rings is 1. The molecule has 0 aliphatic heterocycles. The van der Waals surface area contributed by atoms with Gasteiger partial charge < -0.3 is 14.5 Å². The minimum absolute atomic E-state index is 0.0698. The lowest BCUT2D eigenvalue weighted by Gasteiger charge is -2.05. The summed E-state index contributed by atoms with van der Waals surface area (Å²) in [7, 11) is 0. The smallest absolute Gasteiger partial charge is 0.325 e. The number of benzene rings is 1. The van der Waals surface area contributed by atoms with Crippen molar-refractivity contribution in [1.29, 1.82) is 0 Å². The van der Waals surface area contributed by atoms with E-state index in [1.54, 1.807) is 30.3 Å². The molecule has 0 radical (unpaired) electrons. The van der Waals surface area contributed by atoms with Crippen LogP contribution in [0.1, 0.15) is 26.5 Å². The van der Waals surface area contributed by atoms with Crippen LogP contribution in [0.25, 0.3) is 0 Å². The molecule has 1 N–H and O–H groups in total. The largest absolute Gasteiger partial charge is 0.456 e. The van der Waals surface area contributed by atoms with Gasteiger partial charge in [-0.25, -0.2) is 0 Å². The van der Waals surface area contributed by atoms with Crippen LogP contribution in [0.15, 0.2) is 45.5 Å². The third-order valence-electron chi connectivity index (χ3n) is 2.93. The van der Waals surface area contributed by atoms with E-state index in [-0.39, 0.29) is 24.7 Å². The van der Waals surface area contributed by atoms with Crippen molar-refractivity contribution in [2.75, 3.05) is 13.2 Å². The number of Topliss-reactive ketones (excluding diaryl/α,β-unsaturated/α-hetero) is 1. The molecule has 1 aromatic heterocycles. The summed E-state index contributed by atoms with van der Waals surface area (Å²) in [5.74, 6) is -1.48. The van der Waals surface area contributed by atoms with Gasteiger partial charge in [0.1, 0.15) is 6.54 Å².